The second-order valence-electron chi connectivity index (χ2n) is 15.1. The summed E-state index contributed by atoms with van der Waals surface area (Å²) in [5.41, 5.74) is 15.8. The Kier molecular flexibility index (Phi) is 10.2. The summed E-state index contributed by atoms with van der Waals surface area (Å²) < 4.78 is 43.1. The van der Waals surface area contributed by atoms with Crippen molar-refractivity contribution >= 4 is 18.2 Å². The number of aliphatic hydroxyl groups is 3. The standard InChI is InChI=1S/C39H46N4O13/c1-50-23-7-6-21-28-34(54-32(21)33(23)51-2)27-19(16-43-15-18-8-11-42-22(18)17-43)12-20(13-24(27)56-39(28)9-4-3-5-10-39)52-38-31(49)29(47)30(48)35(55-38)36(37(40)41)53-26(46)14-25(44)45/h6-8,11-13,17,28-31,34-38,47-49H,3-5,9-10,14-16,40-41H2,1-2H3,(H,44,45)/p+1/t28-,29-,30-,31+,34-,35-,36-,38+/m0/s1. The van der Waals surface area contributed by atoms with Crippen LogP contribution in [0.4, 0.5) is 0 Å². The topological polar surface area (TPSA) is 249 Å². The number of nitrogens with one attached hydrogen (secondary N) is 1. The van der Waals surface area contributed by atoms with Crippen LogP contribution in [0.15, 0.2) is 52.8 Å². The molecule has 300 valence electrons. The highest BCUT2D eigenvalue weighted by atomic mass is 16.7. The third-order valence-corrected chi connectivity index (χ3v) is 11.6. The van der Waals surface area contributed by atoms with E-state index in [9.17, 15) is 24.9 Å². The van der Waals surface area contributed by atoms with Gasteiger partial charge in [-0.15, -0.1) is 0 Å². The number of hydrogen-bond donors (Lipinski definition) is 7. The molecule has 1 saturated heterocycles. The number of aliphatic imine (C=N–C) groups is 1. The van der Waals surface area contributed by atoms with Gasteiger partial charge in [-0.2, -0.15) is 0 Å². The van der Waals surface area contributed by atoms with Crippen molar-refractivity contribution in [1.82, 2.24) is 0 Å². The lowest BCUT2D eigenvalue weighted by Gasteiger charge is -2.48. The Labute approximate surface area is 322 Å². The molecule has 2 fully saturated rings. The van der Waals surface area contributed by atoms with Gasteiger partial charge in [-0.3, -0.25) is 19.5 Å². The Morgan fingerprint density at radius 2 is 1.84 bits per heavy atom. The number of nitrogens with zero attached hydrogens (tertiary/aromatic N) is 1. The molecule has 9 atom stereocenters. The number of carboxylic acids is 1. The lowest BCUT2D eigenvalue weighted by Crippen LogP contribution is -3.04. The van der Waals surface area contributed by atoms with Gasteiger partial charge in [-0.25, -0.2) is 0 Å². The summed E-state index contributed by atoms with van der Waals surface area (Å²) in [6.07, 6.45) is -2.90. The summed E-state index contributed by atoms with van der Waals surface area (Å²) in [4.78, 5) is 29.0. The third kappa shape index (κ3) is 6.66. The number of methoxy groups -OCH3 is 2. The Morgan fingerprint density at radius 3 is 2.54 bits per heavy atom. The largest absolute Gasteiger partial charge is 0.493 e. The smallest absolute Gasteiger partial charge is 0.317 e. The number of esters is 1. The summed E-state index contributed by atoms with van der Waals surface area (Å²) in [7, 11) is 3.17. The molecule has 0 amide bonds. The van der Waals surface area contributed by atoms with E-state index in [1.165, 1.54) is 0 Å². The zero-order chi connectivity index (χ0) is 39.5. The SMILES string of the molecule is COc1ccc2c(c1OC)O[C@H]1c3c(C[NH+]4C=C5N=CC=C5C4)cc(O[C@@H]4O[C@H]([C@H](OC(=O)CC(=O)O)C(N)N)[C@@H](O)[C@H](O)[C@H]4O)cc3OC3(CCCCC3)[C@@H]21. The van der Waals surface area contributed by atoms with Crippen LogP contribution in [0.5, 0.6) is 28.7 Å². The fraction of sp³-hybridized carbons (Fsp3) is 0.513. The first-order valence-electron chi connectivity index (χ1n) is 18.8. The molecule has 6 aliphatic rings. The number of quaternary nitrogens is 1. The molecule has 1 spiro atoms. The van der Waals surface area contributed by atoms with E-state index < -0.39 is 73.0 Å². The predicted molar refractivity (Wildman–Crippen MR) is 194 cm³/mol. The van der Waals surface area contributed by atoms with E-state index in [0.717, 1.165) is 65.0 Å². The third-order valence-electron chi connectivity index (χ3n) is 11.6. The van der Waals surface area contributed by atoms with Crippen LogP contribution in [-0.4, -0.2) is 108 Å². The molecule has 0 radical (unpaired) electrons. The first-order valence-corrected chi connectivity index (χ1v) is 18.8. The van der Waals surface area contributed by atoms with E-state index in [-0.39, 0.29) is 11.7 Å². The van der Waals surface area contributed by atoms with Gasteiger partial charge in [0.15, 0.2) is 17.6 Å². The fourth-order valence-electron chi connectivity index (χ4n) is 9.11. The van der Waals surface area contributed by atoms with Crippen LogP contribution in [0.2, 0.25) is 0 Å². The summed E-state index contributed by atoms with van der Waals surface area (Å²) >= 11 is 0. The van der Waals surface area contributed by atoms with Crippen LogP contribution in [0, 0.1) is 0 Å². The van der Waals surface area contributed by atoms with Crippen LogP contribution in [0.25, 0.3) is 0 Å². The van der Waals surface area contributed by atoms with E-state index in [1.807, 2.05) is 18.2 Å². The van der Waals surface area contributed by atoms with Gasteiger partial charge in [-0.1, -0.05) is 12.5 Å². The Balaban J connectivity index is 1.19. The van der Waals surface area contributed by atoms with E-state index in [1.54, 1.807) is 32.6 Å². The van der Waals surface area contributed by atoms with Crippen molar-refractivity contribution in [2.75, 3.05) is 20.8 Å². The fourth-order valence-corrected chi connectivity index (χ4v) is 9.11. The molecule has 1 saturated carbocycles. The zero-order valence-corrected chi connectivity index (χ0v) is 31.0. The van der Waals surface area contributed by atoms with Gasteiger partial charge in [-0.05, 0) is 43.9 Å². The molecular formula is C39H47N4O13+. The molecule has 5 heterocycles. The molecular weight excluding hydrogens is 732 g/mol. The minimum absolute atomic E-state index is 0.170. The molecule has 2 aromatic rings. The van der Waals surface area contributed by atoms with Crippen LogP contribution in [-0.2, 0) is 25.6 Å². The van der Waals surface area contributed by atoms with Crippen molar-refractivity contribution in [3.63, 3.8) is 0 Å². The first kappa shape index (κ1) is 38.1. The van der Waals surface area contributed by atoms with E-state index in [2.05, 4.69) is 11.2 Å². The number of nitrogens with two attached hydrogens (primary N) is 2. The molecule has 2 aromatic carbocycles. The van der Waals surface area contributed by atoms with Crippen molar-refractivity contribution in [2.45, 2.75) is 106 Å². The van der Waals surface area contributed by atoms with Crippen molar-refractivity contribution in [3.05, 3.63) is 64.5 Å². The van der Waals surface area contributed by atoms with Gasteiger partial charge >= 0.3 is 11.9 Å². The number of carbonyl (C=O) groups is 2. The number of aliphatic hydroxyl groups excluding tert-OH is 3. The molecule has 1 aliphatic carbocycles. The molecule has 1 unspecified atom stereocenters. The second kappa shape index (κ2) is 15.0. The summed E-state index contributed by atoms with van der Waals surface area (Å²) in [6.45, 7) is 1.16. The summed E-state index contributed by atoms with van der Waals surface area (Å²) in [5.74, 6) is -0.431. The zero-order valence-electron chi connectivity index (χ0n) is 31.0. The number of fused-ring (bicyclic) bond motifs is 7. The lowest BCUT2D eigenvalue weighted by molar-refractivity contribution is -0.851. The van der Waals surface area contributed by atoms with Crippen molar-refractivity contribution in [1.29, 1.82) is 0 Å². The highest BCUT2D eigenvalue weighted by Gasteiger charge is 2.58. The number of carbonyl (C=O) groups excluding carboxylic acids is 1. The van der Waals surface area contributed by atoms with Gasteiger partial charge in [0, 0.05) is 34.5 Å². The van der Waals surface area contributed by atoms with Crippen molar-refractivity contribution in [3.8, 4) is 28.7 Å². The average Bonchev–Trinajstić information content (AvgIpc) is 3.88. The summed E-state index contributed by atoms with van der Waals surface area (Å²) in [6, 6.07) is 7.43. The Bertz CT molecular complexity index is 1980. The predicted octanol–water partition coefficient (Wildman–Crippen LogP) is 0.0835. The van der Waals surface area contributed by atoms with Gasteiger partial charge < -0.3 is 65.1 Å². The molecule has 5 aliphatic heterocycles. The maximum absolute atomic E-state index is 12.3. The quantitative estimate of drug-likeness (QED) is 0.0907. The number of benzene rings is 2. The van der Waals surface area contributed by atoms with E-state index >= 15 is 0 Å². The number of allylic oxidation sites excluding steroid dienone is 1. The molecule has 17 heteroatoms. The van der Waals surface area contributed by atoms with Gasteiger partial charge in [0.1, 0.15) is 79.0 Å². The van der Waals surface area contributed by atoms with Crippen molar-refractivity contribution < 1.29 is 68.1 Å². The van der Waals surface area contributed by atoms with Gasteiger partial charge in [0.2, 0.25) is 12.0 Å². The van der Waals surface area contributed by atoms with Crippen LogP contribution in [0.3, 0.4) is 0 Å². The van der Waals surface area contributed by atoms with Crippen LogP contribution >= 0.6 is 0 Å². The van der Waals surface area contributed by atoms with Crippen LogP contribution in [0.1, 0.15) is 67.2 Å². The van der Waals surface area contributed by atoms with Crippen molar-refractivity contribution in [2.24, 2.45) is 16.5 Å². The van der Waals surface area contributed by atoms with E-state index in [0.29, 0.717) is 36.1 Å². The van der Waals surface area contributed by atoms with Crippen LogP contribution < -0.4 is 40.1 Å². The Hall–Kier alpha value is -4.75. The number of ether oxygens (including phenoxy) is 7. The van der Waals surface area contributed by atoms with Gasteiger partial charge in [0.25, 0.3) is 0 Å². The number of rotatable bonds is 11. The number of hydrogen-bond acceptors (Lipinski definition) is 15. The number of carboxylic acid groups (broad SMARTS) is 1. The maximum Gasteiger partial charge on any atom is 0.317 e. The molecule has 0 bridgehead atoms. The minimum Gasteiger partial charge on any atom is -0.493 e. The highest BCUT2D eigenvalue weighted by molar-refractivity contribution is 5.90. The average molecular weight is 780 g/mol. The molecule has 8 rings (SSSR count). The molecule has 9 N–H and O–H groups in total. The Morgan fingerprint density at radius 1 is 1.05 bits per heavy atom. The van der Waals surface area contributed by atoms with E-state index in [4.69, 9.17) is 49.7 Å². The normalized spacial score (nSPS) is 29.9. The lowest BCUT2D eigenvalue weighted by atomic mass is 9.68. The highest BCUT2D eigenvalue weighted by Crippen LogP contribution is 2.64. The molecule has 56 heavy (non-hydrogen) atoms. The summed E-state index contributed by atoms with van der Waals surface area (Å²) in [5, 5.41) is 42.1. The molecule has 17 nitrogen and oxygen atoms in total. The maximum atomic E-state index is 12.3. The first-order chi connectivity index (χ1) is 26.9. The molecule has 0 aromatic heterocycles. The second-order valence-corrected chi connectivity index (χ2v) is 15.1. The monoisotopic (exact) mass is 779 g/mol. The number of aliphatic carboxylic acids is 1. The van der Waals surface area contributed by atoms with Gasteiger partial charge in [0.05, 0.1) is 26.3 Å². The minimum atomic E-state index is -1.86.